The Morgan fingerprint density at radius 2 is 1.88 bits per heavy atom. The molecule has 0 aliphatic rings. The summed E-state index contributed by atoms with van der Waals surface area (Å²) in [6, 6.07) is 15.7. The van der Waals surface area contributed by atoms with Crippen molar-refractivity contribution < 1.29 is 9.53 Å². The van der Waals surface area contributed by atoms with Gasteiger partial charge in [-0.1, -0.05) is 57.2 Å². The van der Waals surface area contributed by atoms with Crippen LogP contribution < -0.4 is 10.2 Å². The maximum atomic E-state index is 11.7. The topological polar surface area (TPSA) is 50.7 Å². The van der Waals surface area contributed by atoms with Gasteiger partial charge in [-0.2, -0.15) is 5.10 Å². The standard InChI is InChI=1S/C20H24N2O2/c1-15-6-5-7-18(12-15)24-14-19(23)22-21-13-16-8-10-17(11-9-16)20(2,3)4/h5-13H,14H2,1-4H3,(H,22,23)/b21-13-. The van der Waals surface area contributed by atoms with Gasteiger partial charge < -0.3 is 4.74 Å². The minimum atomic E-state index is -0.293. The lowest BCUT2D eigenvalue weighted by atomic mass is 9.87. The van der Waals surface area contributed by atoms with Crippen molar-refractivity contribution in [3.05, 3.63) is 65.2 Å². The van der Waals surface area contributed by atoms with Crippen molar-refractivity contribution in [1.82, 2.24) is 5.43 Å². The monoisotopic (exact) mass is 324 g/mol. The second-order valence-corrected chi connectivity index (χ2v) is 6.77. The lowest BCUT2D eigenvalue weighted by molar-refractivity contribution is -0.123. The fraction of sp³-hybridized carbons (Fsp3) is 0.300. The molecule has 4 heteroatoms. The predicted octanol–water partition coefficient (Wildman–Crippen LogP) is 3.82. The first kappa shape index (κ1) is 17.7. The fourth-order valence-corrected chi connectivity index (χ4v) is 2.13. The van der Waals surface area contributed by atoms with Gasteiger partial charge in [0.15, 0.2) is 6.61 Å². The summed E-state index contributed by atoms with van der Waals surface area (Å²) in [4.78, 5) is 11.7. The number of carbonyl (C=O) groups is 1. The van der Waals surface area contributed by atoms with Crippen LogP contribution in [0.25, 0.3) is 0 Å². The lowest BCUT2D eigenvalue weighted by Crippen LogP contribution is -2.24. The largest absolute Gasteiger partial charge is 0.484 e. The van der Waals surface area contributed by atoms with Crippen LogP contribution in [0, 0.1) is 6.92 Å². The van der Waals surface area contributed by atoms with Crippen molar-refractivity contribution in [2.75, 3.05) is 6.61 Å². The van der Waals surface area contributed by atoms with Crippen molar-refractivity contribution in [1.29, 1.82) is 0 Å². The Kier molecular flexibility index (Phi) is 5.74. The number of rotatable bonds is 5. The van der Waals surface area contributed by atoms with Gasteiger partial charge in [-0.25, -0.2) is 5.43 Å². The molecule has 0 bridgehead atoms. The number of ether oxygens (including phenoxy) is 1. The summed E-state index contributed by atoms with van der Waals surface area (Å²) in [6.45, 7) is 8.42. The molecule has 0 saturated carbocycles. The first-order valence-corrected chi connectivity index (χ1v) is 7.96. The highest BCUT2D eigenvalue weighted by Gasteiger charge is 2.12. The predicted molar refractivity (Wildman–Crippen MR) is 97.6 cm³/mol. The SMILES string of the molecule is Cc1cccc(OCC(=O)N/N=C\c2ccc(C(C)(C)C)cc2)c1. The van der Waals surface area contributed by atoms with Gasteiger partial charge in [0.1, 0.15) is 5.75 Å². The number of aryl methyl sites for hydroxylation is 1. The van der Waals surface area contributed by atoms with E-state index in [1.165, 1.54) is 5.56 Å². The molecular weight excluding hydrogens is 300 g/mol. The Hall–Kier alpha value is -2.62. The molecule has 24 heavy (non-hydrogen) atoms. The van der Waals surface area contributed by atoms with E-state index >= 15 is 0 Å². The van der Waals surface area contributed by atoms with Gasteiger partial charge in [0.05, 0.1) is 6.21 Å². The molecule has 2 aromatic rings. The molecule has 0 atom stereocenters. The van der Waals surface area contributed by atoms with Gasteiger partial charge in [0, 0.05) is 0 Å². The highest BCUT2D eigenvalue weighted by atomic mass is 16.5. The lowest BCUT2D eigenvalue weighted by Gasteiger charge is -2.18. The molecule has 0 radical (unpaired) electrons. The summed E-state index contributed by atoms with van der Waals surface area (Å²) in [5.74, 6) is 0.381. The summed E-state index contributed by atoms with van der Waals surface area (Å²) in [5, 5.41) is 3.96. The Morgan fingerprint density at radius 1 is 1.17 bits per heavy atom. The zero-order valence-corrected chi connectivity index (χ0v) is 14.7. The third-order valence-corrected chi connectivity index (χ3v) is 3.54. The van der Waals surface area contributed by atoms with E-state index in [1.54, 1.807) is 6.21 Å². The van der Waals surface area contributed by atoms with E-state index in [1.807, 2.05) is 43.3 Å². The Bertz CT molecular complexity index is 713. The highest BCUT2D eigenvalue weighted by Crippen LogP contribution is 2.21. The first-order valence-electron chi connectivity index (χ1n) is 7.96. The molecule has 0 aromatic heterocycles. The van der Waals surface area contributed by atoms with E-state index in [9.17, 15) is 4.79 Å². The second kappa shape index (κ2) is 7.77. The van der Waals surface area contributed by atoms with Crippen LogP contribution in [-0.2, 0) is 10.2 Å². The summed E-state index contributed by atoms with van der Waals surface area (Å²) in [5.41, 5.74) is 5.87. The van der Waals surface area contributed by atoms with Crippen molar-refractivity contribution in [3.63, 3.8) is 0 Å². The van der Waals surface area contributed by atoms with E-state index < -0.39 is 0 Å². The fourth-order valence-electron chi connectivity index (χ4n) is 2.13. The molecule has 2 rings (SSSR count). The molecule has 0 aliphatic carbocycles. The van der Waals surface area contributed by atoms with Crippen LogP contribution in [0.15, 0.2) is 53.6 Å². The molecule has 0 saturated heterocycles. The van der Waals surface area contributed by atoms with Crippen LogP contribution in [0.1, 0.15) is 37.5 Å². The van der Waals surface area contributed by atoms with E-state index in [4.69, 9.17) is 4.74 Å². The van der Waals surface area contributed by atoms with Gasteiger partial charge >= 0.3 is 0 Å². The molecule has 0 aliphatic heterocycles. The van der Waals surface area contributed by atoms with Crippen LogP contribution in [-0.4, -0.2) is 18.7 Å². The average molecular weight is 324 g/mol. The van der Waals surface area contributed by atoms with Gasteiger partial charge in [0.25, 0.3) is 5.91 Å². The third kappa shape index (κ3) is 5.54. The van der Waals surface area contributed by atoms with Gasteiger partial charge in [-0.15, -0.1) is 0 Å². The molecule has 0 fully saturated rings. The quantitative estimate of drug-likeness (QED) is 0.671. The Labute approximate surface area is 143 Å². The maximum Gasteiger partial charge on any atom is 0.277 e. The number of hydrazone groups is 1. The minimum Gasteiger partial charge on any atom is -0.484 e. The van der Waals surface area contributed by atoms with Crippen LogP contribution in [0.2, 0.25) is 0 Å². The van der Waals surface area contributed by atoms with E-state index in [-0.39, 0.29) is 17.9 Å². The number of nitrogens with zero attached hydrogens (tertiary/aromatic N) is 1. The molecule has 1 amide bonds. The highest BCUT2D eigenvalue weighted by molar-refractivity contribution is 5.82. The Morgan fingerprint density at radius 3 is 2.50 bits per heavy atom. The van der Waals surface area contributed by atoms with Crippen LogP contribution in [0.3, 0.4) is 0 Å². The van der Waals surface area contributed by atoms with Crippen LogP contribution in [0.4, 0.5) is 0 Å². The molecule has 0 spiro atoms. The minimum absolute atomic E-state index is 0.0657. The molecular formula is C20H24N2O2. The number of hydrogen-bond acceptors (Lipinski definition) is 3. The van der Waals surface area contributed by atoms with E-state index in [2.05, 4.69) is 43.4 Å². The second-order valence-electron chi connectivity index (χ2n) is 6.77. The normalized spacial score (nSPS) is 11.5. The summed E-state index contributed by atoms with van der Waals surface area (Å²) in [6.07, 6.45) is 1.62. The molecule has 4 nitrogen and oxygen atoms in total. The number of carbonyl (C=O) groups excluding carboxylic acids is 1. The molecule has 2 aromatic carbocycles. The van der Waals surface area contributed by atoms with Crippen molar-refractivity contribution >= 4 is 12.1 Å². The smallest absolute Gasteiger partial charge is 0.277 e. The van der Waals surface area contributed by atoms with E-state index in [0.29, 0.717) is 5.75 Å². The third-order valence-electron chi connectivity index (χ3n) is 3.54. The first-order chi connectivity index (χ1) is 11.3. The number of nitrogens with one attached hydrogen (secondary N) is 1. The average Bonchev–Trinajstić information content (AvgIpc) is 2.53. The van der Waals surface area contributed by atoms with Gasteiger partial charge in [-0.3, -0.25) is 4.79 Å². The van der Waals surface area contributed by atoms with Crippen molar-refractivity contribution in [2.45, 2.75) is 33.1 Å². The maximum absolute atomic E-state index is 11.7. The number of hydrogen-bond donors (Lipinski definition) is 1. The summed E-state index contributed by atoms with van der Waals surface area (Å²) >= 11 is 0. The Balaban J connectivity index is 1.81. The van der Waals surface area contributed by atoms with Crippen LogP contribution >= 0.6 is 0 Å². The zero-order valence-electron chi connectivity index (χ0n) is 14.7. The number of benzene rings is 2. The van der Waals surface area contributed by atoms with E-state index in [0.717, 1.165) is 11.1 Å². The molecule has 0 unspecified atom stereocenters. The summed E-state index contributed by atoms with van der Waals surface area (Å²) in [7, 11) is 0. The summed E-state index contributed by atoms with van der Waals surface area (Å²) < 4.78 is 5.42. The van der Waals surface area contributed by atoms with Gasteiger partial charge in [0.2, 0.25) is 0 Å². The van der Waals surface area contributed by atoms with Crippen LogP contribution in [0.5, 0.6) is 5.75 Å². The van der Waals surface area contributed by atoms with Gasteiger partial charge in [-0.05, 0) is 41.2 Å². The molecule has 0 heterocycles. The molecule has 1 N–H and O–H groups in total. The van der Waals surface area contributed by atoms with Crippen molar-refractivity contribution in [3.8, 4) is 5.75 Å². The number of amides is 1. The molecule has 126 valence electrons. The zero-order chi connectivity index (χ0) is 17.6. The van der Waals surface area contributed by atoms with Crippen molar-refractivity contribution in [2.24, 2.45) is 5.10 Å².